The van der Waals surface area contributed by atoms with Crippen LogP contribution in [0.4, 0.5) is 0 Å². The number of aromatic nitrogens is 1. The quantitative estimate of drug-likeness (QED) is 0.663. The first kappa shape index (κ1) is 13.4. The van der Waals surface area contributed by atoms with Crippen molar-refractivity contribution in [3.63, 3.8) is 0 Å². The van der Waals surface area contributed by atoms with Gasteiger partial charge >= 0.3 is 0 Å². The summed E-state index contributed by atoms with van der Waals surface area (Å²) in [6, 6.07) is 17.5. The molecule has 3 heteroatoms. The van der Waals surface area contributed by atoms with Crippen molar-refractivity contribution in [2.75, 3.05) is 6.61 Å². The highest BCUT2D eigenvalue weighted by atomic mass is 16.5. The summed E-state index contributed by atoms with van der Waals surface area (Å²) in [6.07, 6.45) is 1.95. The number of nitrogens with zero attached hydrogens (tertiary/aromatic N) is 1. The van der Waals surface area contributed by atoms with Crippen LogP contribution in [0.3, 0.4) is 0 Å². The lowest BCUT2D eigenvalue weighted by molar-refractivity contribution is 0.0970. The van der Waals surface area contributed by atoms with E-state index in [4.69, 9.17) is 4.74 Å². The van der Waals surface area contributed by atoms with Crippen LogP contribution >= 0.6 is 0 Å². The Labute approximate surface area is 123 Å². The number of Topliss-reactive ketones (excluding diaryl/α,β-unsaturated/α-hetero) is 1. The second kappa shape index (κ2) is 5.83. The molecule has 0 saturated heterocycles. The minimum Gasteiger partial charge on any atom is -0.493 e. The van der Waals surface area contributed by atoms with E-state index in [2.05, 4.69) is 0 Å². The molecule has 21 heavy (non-hydrogen) atoms. The number of carbonyl (C=O) groups excluding carboxylic acids is 1. The fourth-order valence-electron chi connectivity index (χ4n) is 2.50. The fourth-order valence-corrected chi connectivity index (χ4v) is 2.50. The Kier molecular flexibility index (Phi) is 3.73. The van der Waals surface area contributed by atoms with Crippen LogP contribution in [0.5, 0.6) is 5.75 Å². The highest BCUT2D eigenvalue weighted by molar-refractivity contribution is 5.99. The van der Waals surface area contributed by atoms with Gasteiger partial charge in [0.25, 0.3) is 0 Å². The zero-order valence-corrected chi connectivity index (χ0v) is 12.0. The predicted molar refractivity (Wildman–Crippen MR) is 83.9 cm³/mol. The molecule has 106 valence electrons. The summed E-state index contributed by atoms with van der Waals surface area (Å²) < 4.78 is 7.51. The lowest BCUT2D eigenvalue weighted by atomic mass is 10.1. The number of rotatable bonds is 5. The second-order valence-electron chi connectivity index (χ2n) is 4.85. The van der Waals surface area contributed by atoms with Gasteiger partial charge in [-0.05, 0) is 36.6 Å². The van der Waals surface area contributed by atoms with Crippen molar-refractivity contribution in [3.8, 4) is 5.75 Å². The van der Waals surface area contributed by atoms with E-state index < -0.39 is 0 Å². The first-order valence-electron chi connectivity index (χ1n) is 7.08. The largest absolute Gasteiger partial charge is 0.493 e. The smallest absolute Gasteiger partial charge is 0.186 e. The van der Waals surface area contributed by atoms with Gasteiger partial charge in [-0.1, -0.05) is 30.3 Å². The van der Waals surface area contributed by atoms with E-state index in [0.717, 1.165) is 10.9 Å². The fraction of sp³-hybridized carbons (Fsp3) is 0.167. The van der Waals surface area contributed by atoms with Crippen LogP contribution in [-0.2, 0) is 6.54 Å². The number of ether oxygens (including phenoxy) is 1. The molecule has 3 nitrogen and oxygen atoms in total. The summed E-state index contributed by atoms with van der Waals surface area (Å²) in [5.74, 6) is 0.710. The highest BCUT2D eigenvalue weighted by Gasteiger charge is 2.13. The molecule has 0 aliphatic heterocycles. The van der Waals surface area contributed by atoms with Gasteiger partial charge in [0.05, 0.1) is 18.7 Å². The molecule has 0 aliphatic carbocycles. The third-order valence-corrected chi connectivity index (χ3v) is 3.48. The molecular formula is C18H17NO2. The van der Waals surface area contributed by atoms with Crippen LogP contribution in [0.1, 0.15) is 17.3 Å². The van der Waals surface area contributed by atoms with Gasteiger partial charge in [0.1, 0.15) is 5.75 Å². The lowest BCUT2D eigenvalue weighted by Gasteiger charge is -2.10. The van der Waals surface area contributed by atoms with Gasteiger partial charge in [-0.3, -0.25) is 4.79 Å². The van der Waals surface area contributed by atoms with Gasteiger partial charge in [-0.25, -0.2) is 0 Å². The molecule has 1 aromatic heterocycles. The number of hydrogen-bond donors (Lipinski definition) is 0. The Morgan fingerprint density at radius 1 is 1.05 bits per heavy atom. The zero-order chi connectivity index (χ0) is 14.7. The molecule has 0 unspecified atom stereocenters. The van der Waals surface area contributed by atoms with E-state index in [0.29, 0.717) is 24.5 Å². The van der Waals surface area contributed by atoms with Crippen LogP contribution in [-0.4, -0.2) is 17.0 Å². The van der Waals surface area contributed by atoms with Crippen molar-refractivity contribution < 1.29 is 9.53 Å². The molecule has 3 rings (SSSR count). The van der Waals surface area contributed by atoms with E-state index in [-0.39, 0.29) is 5.78 Å². The molecule has 0 bridgehead atoms. The normalized spacial score (nSPS) is 10.7. The molecule has 0 atom stereocenters. The van der Waals surface area contributed by atoms with Crippen LogP contribution in [0, 0.1) is 0 Å². The maximum atomic E-state index is 12.6. The number of para-hydroxylation sites is 2. The highest BCUT2D eigenvalue weighted by Crippen LogP contribution is 2.21. The summed E-state index contributed by atoms with van der Waals surface area (Å²) in [6.45, 7) is 2.79. The average Bonchev–Trinajstić information content (AvgIpc) is 2.91. The summed E-state index contributed by atoms with van der Waals surface area (Å²) in [5.41, 5.74) is 1.71. The molecule has 0 aliphatic rings. The number of carbonyl (C=O) groups is 1. The van der Waals surface area contributed by atoms with E-state index >= 15 is 0 Å². The van der Waals surface area contributed by atoms with Crippen molar-refractivity contribution in [3.05, 3.63) is 66.4 Å². The number of fused-ring (bicyclic) bond motifs is 1. The van der Waals surface area contributed by atoms with Crippen molar-refractivity contribution >= 4 is 16.7 Å². The summed E-state index contributed by atoms with van der Waals surface area (Å²) in [5, 5.41) is 1.14. The summed E-state index contributed by atoms with van der Waals surface area (Å²) in [4.78, 5) is 12.6. The number of ketones is 1. The SMILES string of the molecule is CCOc1ccccc1C(=O)Cn1ccc2ccccc21. The molecule has 0 N–H and O–H groups in total. The van der Waals surface area contributed by atoms with Crippen LogP contribution in [0.2, 0.25) is 0 Å². The molecule has 1 heterocycles. The Morgan fingerprint density at radius 2 is 1.81 bits per heavy atom. The molecule has 0 radical (unpaired) electrons. The first-order chi connectivity index (χ1) is 10.3. The third kappa shape index (κ3) is 2.68. The molecule has 3 aromatic rings. The van der Waals surface area contributed by atoms with Crippen molar-refractivity contribution in [1.82, 2.24) is 4.57 Å². The van der Waals surface area contributed by atoms with Crippen molar-refractivity contribution in [2.45, 2.75) is 13.5 Å². The Bertz CT molecular complexity index is 773. The van der Waals surface area contributed by atoms with Gasteiger partial charge in [0.15, 0.2) is 5.78 Å². The van der Waals surface area contributed by atoms with E-state index in [1.807, 2.05) is 72.3 Å². The van der Waals surface area contributed by atoms with Crippen LogP contribution in [0.15, 0.2) is 60.8 Å². The van der Waals surface area contributed by atoms with E-state index in [1.165, 1.54) is 0 Å². The summed E-state index contributed by atoms with van der Waals surface area (Å²) in [7, 11) is 0. The van der Waals surface area contributed by atoms with Gasteiger partial charge in [0, 0.05) is 11.7 Å². The topological polar surface area (TPSA) is 31.2 Å². The van der Waals surface area contributed by atoms with Gasteiger partial charge in [0.2, 0.25) is 0 Å². The predicted octanol–water partition coefficient (Wildman–Crippen LogP) is 3.92. The van der Waals surface area contributed by atoms with Crippen LogP contribution < -0.4 is 4.74 Å². The van der Waals surface area contributed by atoms with Crippen molar-refractivity contribution in [1.29, 1.82) is 0 Å². The standard InChI is InChI=1S/C18H17NO2/c1-2-21-18-10-6-4-8-15(18)17(20)13-19-12-11-14-7-3-5-9-16(14)19/h3-12H,2,13H2,1H3. The minimum absolute atomic E-state index is 0.0559. The van der Waals surface area contributed by atoms with Gasteiger partial charge in [-0.2, -0.15) is 0 Å². The first-order valence-corrected chi connectivity index (χ1v) is 7.08. The minimum atomic E-state index is 0.0559. The Hall–Kier alpha value is -2.55. The van der Waals surface area contributed by atoms with Gasteiger partial charge < -0.3 is 9.30 Å². The monoisotopic (exact) mass is 279 g/mol. The molecular weight excluding hydrogens is 262 g/mol. The van der Waals surface area contributed by atoms with Crippen LogP contribution in [0.25, 0.3) is 10.9 Å². The van der Waals surface area contributed by atoms with E-state index in [1.54, 1.807) is 0 Å². The Balaban J connectivity index is 1.90. The third-order valence-electron chi connectivity index (χ3n) is 3.48. The molecule has 0 amide bonds. The maximum Gasteiger partial charge on any atom is 0.186 e. The zero-order valence-electron chi connectivity index (χ0n) is 12.0. The lowest BCUT2D eigenvalue weighted by Crippen LogP contribution is -2.11. The van der Waals surface area contributed by atoms with E-state index in [9.17, 15) is 4.79 Å². The van der Waals surface area contributed by atoms with Gasteiger partial charge in [-0.15, -0.1) is 0 Å². The molecule has 0 spiro atoms. The number of hydrogen-bond acceptors (Lipinski definition) is 2. The molecule has 2 aromatic carbocycles. The average molecular weight is 279 g/mol. The maximum absolute atomic E-state index is 12.6. The number of benzene rings is 2. The molecule has 0 fully saturated rings. The van der Waals surface area contributed by atoms with Crippen molar-refractivity contribution in [2.24, 2.45) is 0 Å². The Morgan fingerprint density at radius 3 is 2.67 bits per heavy atom. The molecule has 0 saturated carbocycles. The summed E-state index contributed by atoms with van der Waals surface area (Å²) >= 11 is 0. The second-order valence-corrected chi connectivity index (χ2v) is 4.85.